The lowest BCUT2D eigenvalue weighted by Crippen LogP contribution is -2.62. The first-order chi connectivity index (χ1) is 6.85. The van der Waals surface area contributed by atoms with Crippen LogP contribution >= 0.6 is 0 Å². The molecule has 1 N–H and O–H groups in total. The van der Waals surface area contributed by atoms with E-state index in [1.807, 2.05) is 6.92 Å². The summed E-state index contributed by atoms with van der Waals surface area (Å²) in [5.74, 6) is 0. The number of hydrogen-bond acceptors (Lipinski definition) is 3. The van der Waals surface area contributed by atoms with Crippen molar-refractivity contribution in [3.63, 3.8) is 0 Å². The third-order valence-electron chi connectivity index (χ3n) is 3.46. The summed E-state index contributed by atoms with van der Waals surface area (Å²) in [5, 5.41) is 3.64. The van der Waals surface area contributed by atoms with Crippen molar-refractivity contribution >= 4 is 0 Å². The molecule has 3 heteroatoms. The van der Waals surface area contributed by atoms with Crippen molar-refractivity contribution in [3.05, 3.63) is 0 Å². The summed E-state index contributed by atoms with van der Waals surface area (Å²) in [4.78, 5) is 0. The van der Waals surface area contributed by atoms with Gasteiger partial charge in [0.2, 0.25) is 0 Å². The molecule has 0 amide bonds. The van der Waals surface area contributed by atoms with Crippen LogP contribution in [0.5, 0.6) is 0 Å². The van der Waals surface area contributed by atoms with Crippen molar-refractivity contribution in [3.8, 4) is 0 Å². The standard InChI is InChI=1S/C11H21NO2/c1-3-14-10-7-9(11(10)13-2)12-8-5-4-6-8/h8-12H,3-7H2,1-2H3. The molecule has 0 heterocycles. The van der Waals surface area contributed by atoms with E-state index in [-0.39, 0.29) is 6.10 Å². The van der Waals surface area contributed by atoms with E-state index >= 15 is 0 Å². The lowest BCUT2D eigenvalue weighted by Gasteiger charge is -2.46. The van der Waals surface area contributed by atoms with Gasteiger partial charge in [0.25, 0.3) is 0 Å². The van der Waals surface area contributed by atoms with Gasteiger partial charge >= 0.3 is 0 Å². The van der Waals surface area contributed by atoms with Gasteiger partial charge in [-0.25, -0.2) is 0 Å². The molecule has 0 aromatic heterocycles. The highest BCUT2D eigenvalue weighted by Gasteiger charge is 2.43. The molecule has 2 rings (SSSR count). The zero-order chi connectivity index (χ0) is 9.97. The number of hydrogen-bond donors (Lipinski definition) is 1. The van der Waals surface area contributed by atoms with Crippen molar-refractivity contribution in [1.29, 1.82) is 0 Å². The van der Waals surface area contributed by atoms with Crippen LogP contribution in [0.3, 0.4) is 0 Å². The van der Waals surface area contributed by atoms with Gasteiger partial charge < -0.3 is 14.8 Å². The fourth-order valence-corrected chi connectivity index (χ4v) is 2.32. The summed E-state index contributed by atoms with van der Waals surface area (Å²) in [7, 11) is 1.78. The summed E-state index contributed by atoms with van der Waals surface area (Å²) in [6.07, 6.45) is 5.77. The molecule has 0 aliphatic heterocycles. The molecule has 0 radical (unpaired) electrons. The average molecular weight is 199 g/mol. The number of methoxy groups -OCH3 is 1. The van der Waals surface area contributed by atoms with Gasteiger partial charge in [0.1, 0.15) is 0 Å². The van der Waals surface area contributed by atoms with Gasteiger partial charge in [-0.15, -0.1) is 0 Å². The zero-order valence-corrected chi connectivity index (χ0v) is 9.16. The predicted molar refractivity (Wildman–Crippen MR) is 55.4 cm³/mol. The summed E-state index contributed by atoms with van der Waals surface area (Å²) < 4.78 is 11.0. The van der Waals surface area contributed by atoms with E-state index in [2.05, 4.69) is 5.32 Å². The molecule has 0 spiro atoms. The normalized spacial score (nSPS) is 37.7. The van der Waals surface area contributed by atoms with Crippen LogP contribution in [0.2, 0.25) is 0 Å². The lowest BCUT2D eigenvalue weighted by molar-refractivity contribution is -0.134. The first-order valence-corrected chi connectivity index (χ1v) is 5.75. The lowest BCUT2D eigenvalue weighted by atomic mass is 9.82. The predicted octanol–water partition coefficient (Wildman–Crippen LogP) is 1.32. The first-order valence-electron chi connectivity index (χ1n) is 5.75. The highest BCUT2D eigenvalue weighted by atomic mass is 16.5. The minimum Gasteiger partial charge on any atom is -0.377 e. The Balaban J connectivity index is 1.72. The second-order valence-corrected chi connectivity index (χ2v) is 4.33. The molecule has 82 valence electrons. The largest absolute Gasteiger partial charge is 0.377 e. The van der Waals surface area contributed by atoms with E-state index in [9.17, 15) is 0 Å². The summed E-state index contributed by atoms with van der Waals surface area (Å²) >= 11 is 0. The van der Waals surface area contributed by atoms with Crippen molar-refractivity contribution in [2.24, 2.45) is 0 Å². The maximum absolute atomic E-state index is 5.58. The van der Waals surface area contributed by atoms with Crippen molar-refractivity contribution in [2.75, 3.05) is 13.7 Å². The van der Waals surface area contributed by atoms with Crippen molar-refractivity contribution in [2.45, 2.75) is 56.9 Å². The molecule has 3 atom stereocenters. The molecular weight excluding hydrogens is 178 g/mol. The molecule has 2 saturated carbocycles. The number of rotatable bonds is 5. The molecule has 3 unspecified atom stereocenters. The maximum Gasteiger partial charge on any atom is 0.0986 e. The summed E-state index contributed by atoms with van der Waals surface area (Å²) in [6.45, 7) is 2.83. The van der Waals surface area contributed by atoms with Gasteiger partial charge in [0, 0.05) is 25.8 Å². The highest BCUT2D eigenvalue weighted by molar-refractivity contribution is 4.99. The Kier molecular flexibility index (Phi) is 3.42. The van der Waals surface area contributed by atoms with E-state index in [4.69, 9.17) is 9.47 Å². The van der Waals surface area contributed by atoms with Gasteiger partial charge in [0.05, 0.1) is 12.2 Å². The Labute approximate surface area is 86.2 Å². The summed E-state index contributed by atoms with van der Waals surface area (Å²) in [5.41, 5.74) is 0. The van der Waals surface area contributed by atoms with Gasteiger partial charge in [-0.1, -0.05) is 6.42 Å². The second kappa shape index (κ2) is 4.60. The third-order valence-corrected chi connectivity index (χ3v) is 3.46. The van der Waals surface area contributed by atoms with Crippen LogP contribution < -0.4 is 5.32 Å². The van der Waals surface area contributed by atoms with E-state index in [0.717, 1.165) is 19.1 Å². The average Bonchev–Trinajstić information content (AvgIpc) is 2.07. The van der Waals surface area contributed by atoms with Crippen LogP contribution in [-0.2, 0) is 9.47 Å². The molecule has 0 saturated heterocycles. The number of ether oxygens (including phenoxy) is 2. The fraction of sp³-hybridized carbons (Fsp3) is 1.00. The topological polar surface area (TPSA) is 30.5 Å². The SMILES string of the molecule is CCOC1CC(NC2CCC2)C1OC. The Morgan fingerprint density at radius 1 is 1.36 bits per heavy atom. The molecule has 2 fully saturated rings. The minimum absolute atomic E-state index is 0.274. The zero-order valence-electron chi connectivity index (χ0n) is 9.16. The van der Waals surface area contributed by atoms with Crippen LogP contribution in [0.25, 0.3) is 0 Å². The van der Waals surface area contributed by atoms with Crippen LogP contribution in [0.1, 0.15) is 32.6 Å². The van der Waals surface area contributed by atoms with Crippen LogP contribution in [-0.4, -0.2) is 38.0 Å². The Hall–Kier alpha value is -0.120. The Morgan fingerprint density at radius 3 is 2.64 bits per heavy atom. The molecule has 0 aromatic carbocycles. The van der Waals surface area contributed by atoms with E-state index in [1.54, 1.807) is 7.11 Å². The van der Waals surface area contributed by atoms with E-state index in [1.165, 1.54) is 19.3 Å². The van der Waals surface area contributed by atoms with E-state index < -0.39 is 0 Å². The Morgan fingerprint density at radius 2 is 2.14 bits per heavy atom. The Bertz CT molecular complexity index is 182. The van der Waals surface area contributed by atoms with Crippen LogP contribution in [0, 0.1) is 0 Å². The van der Waals surface area contributed by atoms with Crippen molar-refractivity contribution < 1.29 is 9.47 Å². The van der Waals surface area contributed by atoms with Gasteiger partial charge in [-0.05, 0) is 26.2 Å². The van der Waals surface area contributed by atoms with Gasteiger partial charge in [-0.3, -0.25) is 0 Å². The highest BCUT2D eigenvalue weighted by Crippen LogP contribution is 2.29. The van der Waals surface area contributed by atoms with Crippen LogP contribution in [0.4, 0.5) is 0 Å². The van der Waals surface area contributed by atoms with Crippen molar-refractivity contribution in [1.82, 2.24) is 5.32 Å². The quantitative estimate of drug-likeness (QED) is 0.724. The number of nitrogens with one attached hydrogen (secondary N) is 1. The monoisotopic (exact) mass is 199 g/mol. The van der Waals surface area contributed by atoms with Crippen LogP contribution in [0.15, 0.2) is 0 Å². The molecule has 2 aliphatic rings. The molecule has 0 aromatic rings. The minimum atomic E-state index is 0.274. The molecule has 2 aliphatic carbocycles. The van der Waals surface area contributed by atoms with Gasteiger partial charge in [-0.2, -0.15) is 0 Å². The molecule has 0 bridgehead atoms. The molecular formula is C11H21NO2. The van der Waals surface area contributed by atoms with Gasteiger partial charge in [0.15, 0.2) is 0 Å². The van der Waals surface area contributed by atoms with E-state index in [0.29, 0.717) is 12.1 Å². The summed E-state index contributed by atoms with van der Waals surface area (Å²) in [6, 6.07) is 1.28. The smallest absolute Gasteiger partial charge is 0.0986 e. The fourth-order valence-electron chi connectivity index (χ4n) is 2.32. The third kappa shape index (κ3) is 1.95. The second-order valence-electron chi connectivity index (χ2n) is 4.33. The maximum atomic E-state index is 5.58. The first kappa shape index (κ1) is 10.4. The molecule has 14 heavy (non-hydrogen) atoms. The molecule has 3 nitrogen and oxygen atoms in total.